The molecule has 0 unspecified atom stereocenters. The highest BCUT2D eigenvalue weighted by atomic mass is 16.5. The van der Waals surface area contributed by atoms with E-state index in [0.29, 0.717) is 38.5 Å². The van der Waals surface area contributed by atoms with Crippen LogP contribution in [0.15, 0.2) is 24.3 Å². The molecule has 1 fully saturated rings. The van der Waals surface area contributed by atoms with Crippen LogP contribution >= 0.6 is 0 Å². The average molecular weight is 319 g/mol. The van der Waals surface area contributed by atoms with Crippen molar-refractivity contribution >= 4 is 11.9 Å². The Morgan fingerprint density at radius 1 is 1.30 bits per heavy atom. The van der Waals surface area contributed by atoms with E-state index >= 15 is 0 Å². The predicted molar refractivity (Wildman–Crippen MR) is 87.4 cm³/mol. The van der Waals surface area contributed by atoms with Crippen LogP contribution in [-0.4, -0.2) is 47.7 Å². The number of aliphatic carboxylic acids is 1. The molecule has 1 aromatic rings. The molecular weight excluding hydrogens is 294 g/mol. The van der Waals surface area contributed by atoms with Gasteiger partial charge in [-0.2, -0.15) is 0 Å². The number of aryl methyl sites for hydroxylation is 1. The molecule has 0 spiro atoms. The van der Waals surface area contributed by atoms with E-state index < -0.39 is 12.1 Å². The largest absolute Gasteiger partial charge is 0.481 e. The van der Waals surface area contributed by atoms with Crippen molar-refractivity contribution in [3.63, 3.8) is 0 Å². The van der Waals surface area contributed by atoms with Gasteiger partial charge in [-0.3, -0.25) is 9.59 Å². The van der Waals surface area contributed by atoms with Crippen molar-refractivity contribution in [3.05, 3.63) is 35.4 Å². The van der Waals surface area contributed by atoms with E-state index in [9.17, 15) is 9.59 Å². The van der Waals surface area contributed by atoms with Crippen molar-refractivity contribution in [2.45, 2.75) is 45.1 Å². The standard InChI is InChI=1S/C18H25NO4/c1-13(2)15-6-3-14(4-7-15)5-8-17(20)19-9-10-23-16(12-19)11-18(21)22/h3-4,6-7,13,16H,5,8-12H2,1-2H3,(H,21,22)/t16-/m0/s1. The first-order valence-corrected chi connectivity index (χ1v) is 8.15. The minimum absolute atomic E-state index is 0.0551. The van der Waals surface area contributed by atoms with Crippen LogP contribution in [0.4, 0.5) is 0 Å². The number of carboxylic acid groups (broad SMARTS) is 1. The van der Waals surface area contributed by atoms with Crippen LogP contribution in [0.2, 0.25) is 0 Å². The number of hydrogen-bond acceptors (Lipinski definition) is 3. The summed E-state index contributed by atoms with van der Waals surface area (Å²) < 4.78 is 5.39. The van der Waals surface area contributed by atoms with Gasteiger partial charge in [0.15, 0.2) is 0 Å². The number of ether oxygens (including phenoxy) is 1. The fourth-order valence-corrected chi connectivity index (χ4v) is 2.74. The van der Waals surface area contributed by atoms with Crippen molar-refractivity contribution in [2.75, 3.05) is 19.7 Å². The summed E-state index contributed by atoms with van der Waals surface area (Å²) in [6, 6.07) is 8.38. The molecule has 23 heavy (non-hydrogen) atoms. The van der Waals surface area contributed by atoms with E-state index in [-0.39, 0.29) is 12.3 Å². The first-order valence-electron chi connectivity index (χ1n) is 8.15. The number of morpholine rings is 1. The van der Waals surface area contributed by atoms with Gasteiger partial charge in [-0.05, 0) is 23.5 Å². The Hall–Kier alpha value is -1.88. The van der Waals surface area contributed by atoms with E-state index in [1.165, 1.54) is 5.56 Å². The SMILES string of the molecule is CC(C)c1ccc(CCC(=O)N2CCO[C@@H](CC(=O)O)C2)cc1. The van der Waals surface area contributed by atoms with Crippen molar-refractivity contribution in [1.82, 2.24) is 4.90 Å². The van der Waals surface area contributed by atoms with Gasteiger partial charge in [0.2, 0.25) is 5.91 Å². The first-order chi connectivity index (χ1) is 11.0. The third kappa shape index (κ3) is 5.36. The van der Waals surface area contributed by atoms with Gasteiger partial charge >= 0.3 is 5.97 Å². The van der Waals surface area contributed by atoms with Gasteiger partial charge in [0.25, 0.3) is 0 Å². The topological polar surface area (TPSA) is 66.8 Å². The van der Waals surface area contributed by atoms with Crippen LogP contribution in [0.3, 0.4) is 0 Å². The van der Waals surface area contributed by atoms with Gasteiger partial charge in [-0.25, -0.2) is 0 Å². The van der Waals surface area contributed by atoms with Gasteiger partial charge in [0.05, 0.1) is 19.1 Å². The number of rotatable bonds is 6. The maximum Gasteiger partial charge on any atom is 0.306 e. The van der Waals surface area contributed by atoms with Crippen LogP contribution in [0, 0.1) is 0 Å². The maximum atomic E-state index is 12.3. The predicted octanol–water partition coefficient (Wildman–Crippen LogP) is 2.44. The van der Waals surface area contributed by atoms with Crippen molar-refractivity contribution in [1.29, 1.82) is 0 Å². The van der Waals surface area contributed by atoms with Crippen LogP contribution < -0.4 is 0 Å². The number of amides is 1. The molecule has 1 N–H and O–H groups in total. The monoisotopic (exact) mass is 319 g/mol. The second-order valence-corrected chi connectivity index (χ2v) is 6.33. The molecule has 5 heteroatoms. The summed E-state index contributed by atoms with van der Waals surface area (Å²) >= 11 is 0. The second kappa shape index (κ2) is 8.11. The van der Waals surface area contributed by atoms with Crippen LogP contribution in [0.5, 0.6) is 0 Å². The molecule has 0 bridgehead atoms. The Kier molecular flexibility index (Phi) is 6.16. The summed E-state index contributed by atoms with van der Waals surface area (Å²) in [6.45, 7) is 5.64. The van der Waals surface area contributed by atoms with Crippen molar-refractivity contribution in [2.24, 2.45) is 0 Å². The lowest BCUT2D eigenvalue weighted by atomic mass is 10.00. The highest BCUT2D eigenvalue weighted by molar-refractivity contribution is 5.76. The highest BCUT2D eigenvalue weighted by Gasteiger charge is 2.25. The summed E-state index contributed by atoms with van der Waals surface area (Å²) in [6.07, 6.45) is 0.704. The second-order valence-electron chi connectivity index (χ2n) is 6.33. The molecule has 0 saturated carbocycles. The number of carbonyl (C=O) groups is 2. The Labute approximate surface area is 137 Å². The molecule has 2 rings (SSSR count). The molecule has 1 aliphatic rings. The maximum absolute atomic E-state index is 12.3. The third-order valence-corrected chi connectivity index (χ3v) is 4.17. The lowest BCUT2D eigenvalue weighted by Gasteiger charge is -2.32. The molecule has 1 heterocycles. The smallest absolute Gasteiger partial charge is 0.306 e. The van der Waals surface area contributed by atoms with Crippen LogP contribution in [0.1, 0.15) is 43.7 Å². The normalized spacial score (nSPS) is 18.2. The third-order valence-electron chi connectivity index (χ3n) is 4.17. The fraction of sp³-hybridized carbons (Fsp3) is 0.556. The Balaban J connectivity index is 1.83. The molecule has 1 aromatic carbocycles. The van der Waals surface area contributed by atoms with Crippen LogP contribution in [0.25, 0.3) is 0 Å². The van der Waals surface area contributed by atoms with E-state index in [1.807, 2.05) is 0 Å². The molecule has 0 aromatic heterocycles. The zero-order chi connectivity index (χ0) is 16.8. The van der Waals surface area contributed by atoms with E-state index in [4.69, 9.17) is 9.84 Å². The van der Waals surface area contributed by atoms with E-state index in [1.54, 1.807) is 4.90 Å². The number of carboxylic acids is 1. The molecular formula is C18H25NO4. The lowest BCUT2D eigenvalue weighted by Crippen LogP contribution is -2.46. The Morgan fingerprint density at radius 3 is 2.61 bits per heavy atom. The van der Waals surface area contributed by atoms with Gasteiger partial charge in [0, 0.05) is 19.5 Å². The van der Waals surface area contributed by atoms with Gasteiger partial charge in [-0.1, -0.05) is 38.1 Å². The first kappa shape index (κ1) is 17.5. The quantitative estimate of drug-likeness (QED) is 0.874. The number of nitrogens with zero attached hydrogens (tertiary/aromatic N) is 1. The zero-order valence-electron chi connectivity index (χ0n) is 13.8. The van der Waals surface area contributed by atoms with Gasteiger partial charge in [0.1, 0.15) is 0 Å². The average Bonchev–Trinajstić information content (AvgIpc) is 2.52. The van der Waals surface area contributed by atoms with Crippen molar-refractivity contribution < 1.29 is 19.4 Å². The van der Waals surface area contributed by atoms with Gasteiger partial charge < -0.3 is 14.7 Å². The fourth-order valence-electron chi connectivity index (χ4n) is 2.74. The molecule has 0 aliphatic carbocycles. The molecule has 5 nitrogen and oxygen atoms in total. The van der Waals surface area contributed by atoms with Crippen molar-refractivity contribution in [3.8, 4) is 0 Å². The minimum atomic E-state index is -0.894. The molecule has 1 amide bonds. The molecule has 126 valence electrons. The molecule has 1 saturated heterocycles. The summed E-state index contributed by atoms with van der Waals surface area (Å²) in [7, 11) is 0. The summed E-state index contributed by atoms with van der Waals surface area (Å²) in [5, 5.41) is 8.82. The van der Waals surface area contributed by atoms with E-state index in [2.05, 4.69) is 38.1 Å². The minimum Gasteiger partial charge on any atom is -0.481 e. The number of hydrogen-bond donors (Lipinski definition) is 1. The Morgan fingerprint density at radius 2 is 2.00 bits per heavy atom. The molecule has 1 aliphatic heterocycles. The summed E-state index contributed by atoms with van der Waals surface area (Å²) in [4.78, 5) is 24.8. The lowest BCUT2D eigenvalue weighted by molar-refractivity contribution is -0.147. The number of benzene rings is 1. The summed E-state index contributed by atoms with van der Waals surface area (Å²) in [5.41, 5.74) is 2.45. The van der Waals surface area contributed by atoms with Crippen LogP contribution in [-0.2, 0) is 20.7 Å². The highest BCUT2D eigenvalue weighted by Crippen LogP contribution is 2.16. The Bertz CT molecular complexity index is 538. The summed E-state index contributed by atoms with van der Waals surface area (Å²) in [5.74, 6) is -0.323. The van der Waals surface area contributed by atoms with Gasteiger partial charge in [-0.15, -0.1) is 0 Å². The molecule has 1 atom stereocenters. The van der Waals surface area contributed by atoms with E-state index in [0.717, 1.165) is 5.56 Å². The number of carbonyl (C=O) groups excluding carboxylic acids is 1. The molecule has 0 radical (unpaired) electrons. The zero-order valence-corrected chi connectivity index (χ0v) is 13.8.